The largest absolute Gasteiger partial charge is 0.465 e. The van der Waals surface area contributed by atoms with Gasteiger partial charge in [0, 0.05) is 29.1 Å². The van der Waals surface area contributed by atoms with Gasteiger partial charge in [-0.25, -0.2) is 4.79 Å². The van der Waals surface area contributed by atoms with Gasteiger partial charge < -0.3 is 14.5 Å². The molecule has 0 saturated carbocycles. The average molecular weight is 404 g/mol. The van der Waals surface area contributed by atoms with Crippen molar-refractivity contribution in [3.8, 4) is 0 Å². The first-order valence-electron chi connectivity index (χ1n) is 9.78. The summed E-state index contributed by atoms with van der Waals surface area (Å²) in [5.74, 6) is 2.28. The SMILES string of the molecule is CCSCCOC(=O)C1=C(C)NC2=C(C(=O)CC(C)(C)C2)[C@H]1c1ccc(C)o1. The van der Waals surface area contributed by atoms with Crippen LogP contribution in [-0.2, 0) is 14.3 Å². The van der Waals surface area contributed by atoms with Crippen LogP contribution < -0.4 is 5.32 Å². The molecule has 1 N–H and O–H groups in total. The minimum absolute atomic E-state index is 0.0668. The number of rotatable bonds is 6. The number of ether oxygens (including phenoxy) is 1. The maximum Gasteiger partial charge on any atom is 0.336 e. The first-order chi connectivity index (χ1) is 13.2. The van der Waals surface area contributed by atoms with Gasteiger partial charge in [-0.2, -0.15) is 11.8 Å². The topological polar surface area (TPSA) is 68.5 Å². The van der Waals surface area contributed by atoms with Gasteiger partial charge >= 0.3 is 5.97 Å². The van der Waals surface area contributed by atoms with E-state index in [1.54, 1.807) is 11.8 Å². The smallest absolute Gasteiger partial charge is 0.336 e. The van der Waals surface area contributed by atoms with Gasteiger partial charge in [0.2, 0.25) is 0 Å². The summed E-state index contributed by atoms with van der Waals surface area (Å²) in [7, 11) is 0. The Morgan fingerprint density at radius 3 is 2.71 bits per heavy atom. The average Bonchev–Trinajstić information content (AvgIpc) is 3.02. The number of carbonyl (C=O) groups excluding carboxylic acids is 2. The van der Waals surface area contributed by atoms with Crippen LogP contribution in [0.5, 0.6) is 0 Å². The number of thioether (sulfide) groups is 1. The van der Waals surface area contributed by atoms with Crippen LogP contribution in [0, 0.1) is 12.3 Å². The summed E-state index contributed by atoms with van der Waals surface area (Å²) in [6.07, 6.45) is 1.22. The first kappa shape index (κ1) is 20.8. The van der Waals surface area contributed by atoms with Crippen LogP contribution in [0.2, 0.25) is 0 Å². The lowest BCUT2D eigenvalue weighted by molar-refractivity contribution is -0.138. The Labute approximate surface area is 171 Å². The third kappa shape index (κ3) is 4.22. The predicted octanol–water partition coefficient (Wildman–Crippen LogP) is 4.49. The number of nitrogens with one attached hydrogen (secondary N) is 1. The summed E-state index contributed by atoms with van der Waals surface area (Å²) in [6.45, 7) is 10.3. The fraction of sp³-hybridized carbons (Fsp3) is 0.545. The second-order valence-corrected chi connectivity index (χ2v) is 9.60. The summed E-state index contributed by atoms with van der Waals surface area (Å²) in [5, 5.41) is 3.33. The van der Waals surface area contributed by atoms with Gasteiger partial charge in [-0.15, -0.1) is 0 Å². The molecule has 2 heterocycles. The fourth-order valence-corrected chi connectivity index (χ4v) is 4.50. The van der Waals surface area contributed by atoms with Crippen molar-refractivity contribution in [3.05, 3.63) is 46.2 Å². The summed E-state index contributed by atoms with van der Waals surface area (Å²) in [4.78, 5) is 26.1. The highest BCUT2D eigenvalue weighted by atomic mass is 32.2. The van der Waals surface area contributed by atoms with E-state index in [-0.39, 0.29) is 17.2 Å². The Kier molecular flexibility index (Phi) is 6.08. The van der Waals surface area contributed by atoms with Crippen molar-refractivity contribution in [2.24, 2.45) is 5.41 Å². The molecule has 0 unspecified atom stereocenters. The van der Waals surface area contributed by atoms with E-state index in [0.29, 0.717) is 29.9 Å². The van der Waals surface area contributed by atoms with Crippen LogP contribution in [0.3, 0.4) is 0 Å². The van der Waals surface area contributed by atoms with Crippen LogP contribution in [0.4, 0.5) is 0 Å². The number of Topliss-reactive ketones (excluding diaryl/α,β-unsaturated/α-hetero) is 1. The van der Waals surface area contributed by atoms with Gasteiger partial charge in [-0.1, -0.05) is 20.8 Å². The fourth-order valence-electron chi connectivity index (χ4n) is 4.02. The molecule has 2 aliphatic rings. The number of furan rings is 1. The number of hydrogen-bond donors (Lipinski definition) is 1. The molecule has 1 aromatic heterocycles. The number of allylic oxidation sites excluding steroid dienone is 3. The van der Waals surface area contributed by atoms with Crippen molar-refractivity contribution in [2.45, 2.75) is 53.4 Å². The molecule has 6 heteroatoms. The molecule has 1 aliphatic carbocycles. The molecule has 0 fully saturated rings. The van der Waals surface area contributed by atoms with Crippen LogP contribution in [-0.4, -0.2) is 29.9 Å². The molecule has 5 nitrogen and oxygen atoms in total. The van der Waals surface area contributed by atoms with Gasteiger partial charge in [0.25, 0.3) is 0 Å². The number of hydrogen-bond acceptors (Lipinski definition) is 6. The van der Waals surface area contributed by atoms with E-state index in [9.17, 15) is 9.59 Å². The van der Waals surface area contributed by atoms with Gasteiger partial charge in [0.15, 0.2) is 5.78 Å². The van der Waals surface area contributed by atoms with Crippen molar-refractivity contribution in [1.29, 1.82) is 0 Å². The Hall–Kier alpha value is -1.95. The maximum atomic E-state index is 13.1. The Morgan fingerprint density at radius 1 is 1.32 bits per heavy atom. The van der Waals surface area contributed by atoms with Crippen molar-refractivity contribution in [1.82, 2.24) is 5.32 Å². The standard InChI is InChI=1S/C22H29NO4S/c1-6-28-10-9-26-21(25)18-14(3)23-15-11-22(4,5)12-16(24)19(15)20(18)17-8-7-13(2)27-17/h7-8,20,23H,6,9-12H2,1-5H3/t20-/m0/s1. The van der Waals surface area contributed by atoms with Crippen LogP contribution in [0.25, 0.3) is 0 Å². The van der Waals surface area contributed by atoms with Crippen LogP contribution in [0.15, 0.2) is 39.1 Å². The van der Waals surface area contributed by atoms with Gasteiger partial charge in [0.1, 0.15) is 18.1 Å². The Bertz CT molecular complexity index is 846. The van der Waals surface area contributed by atoms with Crippen LogP contribution >= 0.6 is 11.8 Å². The van der Waals surface area contributed by atoms with Crippen LogP contribution in [0.1, 0.15) is 58.0 Å². The van der Waals surface area contributed by atoms with E-state index < -0.39 is 5.92 Å². The molecule has 1 aromatic rings. The summed E-state index contributed by atoms with van der Waals surface area (Å²) in [6, 6.07) is 3.72. The quantitative estimate of drug-likeness (QED) is 0.558. The molecule has 0 aromatic carbocycles. The molecule has 0 spiro atoms. The number of carbonyl (C=O) groups is 2. The van der Waals surface area contributed by atoms with Crippen molar-refractivity contribution >= 4 is 23.5 Å². The molecule has 0 radical (unpaired) electrons. The zero-order valence-electron chi connectivity index (χ0n) is 17.3. The lowest BCUT2D eigenvalue weighted by Crippen LogP contribution is -2.38. The number of dihydropyridines is 1. The highest BCUT2D eigenvalue weighted by Gasteiger charge is 2.44. The molecule has 0 bridgehead atoms. The molecular formula is C22H29NO4S. The number of ketones is 1. The highest BCUT2D eigenvalue weighted by molar-refractivity contribution is 7.99. The van der Waals surface area contributed by atoms with Gasteiger partial charge in [0.05, 0.1) is 11.5 Å². The van der Waals surface area contributed by atoms with Crippen molar-refractivity contribution in [3.63, 3.8) is 0 Å². The monoisotopic (exact) mass is 403 g/mol. The highest BCUT2D eigenvalue weighted by Crippen LogP contribution is 2.47. The van der Waals surface area contributed by atoms with Gasteiger partial charge in [-0.3, -0.25) is 4.79 Å². The third-order valence-electron chi connectivity index (χ3n) is 5.17. The molecule has 3 rings (SSSR count). The zero-order chi connectivity index (χ0) is 20.5. The first-order valence-corrected chi connectivity index (χ1v) is 10.9. The predicted molar refractivity (Wildman–Crippen MR) is 111 cm³/mol. The van der Waals surface area contributed by atoms with E-state index in [4.69, 9.17) is 9.15 Å². The maximum absolute atomic E-state index is 13.1. The molecule has 28 heavy (non-hydrogen) atoms. The molecule has 0 saturated heterocycles. The second kappa shape index (κ2) is 8.19. The van der Waals surface area contributed by atoms with Gasteiger partial charge in [-0.05, 0) is 43.6 Å². The van der Waals surface area contributed by atoms with E-state index in [1.165, 1.54) is 0 Å². The molecule has 1 atom stereocenters. The summed E-state index contributed by atoms with van der Waals surface area (Å²) in [5.41, 5.74) is 2.64. The Morgan fingerprint density at radius 2 is 2.07 bits per heavy atom. The second-order valence-electron chi connectivity index (χ2n) is 8.21. The molecule has 0 amide bonds. The van der Waals surface area contributed by atoms with E-state index in [1.807, 2.05) is 26.0 Å². The molecule has 1 aliphatic heterocycles. The lowest BCUT2D eigenvalue weighted by Gasteiger charge is -2.38. The van der Waals surface area contributed by atoms with E-state index in [0.717, 1.165) is 35.1 Å². The number of esters is 1. The number of aryl methyl sites for hydroxylation is 1. The summed E-state index contributed by atoms with van der Waals surface area (Å²) >= 11 is 1.73. The van der Waals surface area contributed by atoms with E-state index >= 15 is 0 Å². The van der Waals surface area contributed by atoms with Crippen molar-refractivity contribution < 1.29 is 18.7 Å². The van der Waals surface area contributed by atoms with E-state index in [2.05, 4.69) is 26.1 Å². The minimum Gasteiger partial charge on any atom is -0.465 e. The van der Waals surface area contributed by atoms with Crippen molar-refractivity contribution in [2.75, 3.05) is 18.1 Å². The third-order valence-corrected chi connectivity index (χ3v) is 6.03. The normalized spacial score (nSPS) is 21.5. The minimum atomic E-state index is -0.514. The molecule has 152 valence electrons. The zero-order valence-corrected chi connectivity index (χ0v) is 18.1. The molecular weight excluding hydrogens is 374 g/mol. The Balaban J connectivity index is 1.99. The lowest BCUT2D eigenvalue weighted by atomic mass is 9.69. The summed E-state index contributed by atoms with van der Waals surface area (Å²) < 4.78 is 11.4.